The molecule has 0 spiro atoms. The van der Waals surface area contributed by atoms with E-state index in [1.165, 1.54) is 257 Å². The Morgan fingerprint density at radius 2 is 0.670 bits per heavy atom. The Morgan fingerprint density at radius 3 is 1.03 bits per heavy atom. The van der Waals surface area contributed by atoms with Gasteiger partial charge in [-0.1, -0.05) is 381 Å². The molecule has 0 aliphatic carbocycles. The minimum absolute atomic E-state index is 0.236. The highest BCUT2D eigenvalue weighted by Crippen LogP contribution is 2.30. The maximum absolute atomic E-state index is 13.4. The minimum atomic E-state index is -1.79. The SMILES string of the molecule is CC/C=C\C/C=C\C/C=C\C/C=C\C/C=C\C/C=C\C/C=C\CCCCCCCCCCCCCCCCCCCC(=O)NC(COC1OC(CO)C(OC2OC(CO)C(O)C(O)C2O)C(O)C1O)C(O)/C=C/CCCCCCCCCCCCCCCCCCCCCCCCCCCCCC. The Kier molecular flexibility index (Phi) is 66.9. The van der Waals surface area contributed by atoms with Crippen LogP contribution in [0.2, 0.25) is 0 Å². The number of hydrogen-bond acceptors (Lipinski definition) is 13. The molecule has 2 saturated heterocycles. The number of amides is 1. The predicted octanol–water partition coefficient (Wildman–Crippen LogP) is 20.4. The van der Waals surface area contributed by atoms with Crippen molar-refractivity contribution in [1.82, 2.24) is 5.32 Å². The first-order chi connectivity index (χ1) is 50.6. The van der Waals surface area contributed by atoms with Crippen molar-refractivity contribution in [3.05, 3.63) is 97.2 Å². The molecule has 2 heterocycles. The van der Waals surface area contributed by atoms with Crippen LogP contribution < -0.4 is 5.32 Å². The first-order valence-corrected chi connectivity index (χ1v) is 43.0. The van der Waals surface area contributed by atoms with Crippen molar-refractivity contribution in [2.75, 3.05) is 19.8 Å². The van der Waals surface area contributed by atoms with Crippen LogP contribution >= 0.6 is 0 Å². The normalized spacial score (nSPS) is 22.0. The molecule has 2 aliphatic heterocycles. The third kappa shape index (κ3) is 54.2. The number of unbranched alkanes of at least 4 members (excludes halogenated alkanes) is 45. The fourth-order valence-corrected chi connectivity index (χ4v) is 13.8. The number of ether oxygens (including phenoxy) is 4. The molecule has 14 heteroatoms. The average Bonchev–Trinajstić information content (AvgIpc) is 0.791. The molecule has 14 nitrogen and oxygen atoms in total. The van der Waals surface area contributed by atoms with E-state index >= 15 is 0 Å². The highest BCUT2D eigenvalue weighted by Gasteiger charge is 2.51. The monoisotopic (exact) mass is 1450 g/mol. The van der Waals surface area contributed by atoms with Gasteiger partial charge in [-0.3, -0.25) is 4.79 Å². The molecule has 2 aliphatic rings. The second-order valence-corrected chi connectivity index (χ2v) is 29.9. The van der Waals surface area contributed by atoms with Crippen LogP contribution in [0.3, 0.4) is 0 Å². The maximum atomic E-state index is 13.4. The molecule has 0 radical (unpaired) electrons. The Labute approximate surface area is 630 Å². The summed E-state index contributed by atoms with van der Waals surface area (Å²) in [4.78, 5) is 13.4. The van der Waals surface area contributed by atoms with E-state index in [1.807, 2.05) is 6.08 Å². The second-order valence-electron chi connectivity index (χ2n) is 29.9. The minimum Gasteiger partial charge on any atom is -0.394 e. The van der Waals surface area contributed by atoms with Crippen LogP contribution in [0, 0.1) is 0 Å². The lowest BCUT2D eigenvalue weighted by Gasteiger charge is -2.46. The molecule has 0 aromatic rings. The molecule has 103 heavy (non-hydrogen) atoms. The Morgan fingerprint density at radius 1 is 0.359 bits per heavy atom. The average molecular weight is 1450 g/mol. The zero-order valence-corrected chi connectivity index (χ0v) is 65.8. The van der Waals surface area contributed by atoms with Gasteiger partial charge in [0.05, 0.1) is 32.0 Å². The third-order valence-corrected chi connectivity index (χ3v) is 20.5. The van der Waals surface area contributed by atoms with Gasteiger partial charge in [-0.05, 0) is 77.0 Å². The molecule has 1 amide bonds. The fraction of sp³-hybridized carbons (Fsp3) is 0.809. The van der Waals surface area contributed by atoms with E-state index < -0.39 is 86.8 Å². The van der Waals surface area contributed by atoms with Crippen molar-refractivity contribution < 1.29 is 64.6 Å². The maximum Gasteiger partial charge on any atom is 0.220 e. The van der Waals surface area contributed by atoms with Crippen molar-refractivity contribution in [2.45, 2.75) is 441 Å². The third-order valence-electron chi connectivity index (χ3n) is 20.5. The molecule has 598 valence electrons. The number of rotatable bonds is 72. The Bertz CT molecular complexity index is 2110. The Hall–Kier alpha value is -3.09. The number of carbonyl (C=O) groups excluding carboxylic acids is 1. The highest BCUT2D eigenvalue weighted by molar-refractivity contribution is 5.76. The molecule has 0 aromatic carbocycles. The van der Waals surface area contributed by atoms with Gasteiger partial charge in [0.2, 0.25) is 5.91 Å². The predicted molar refractivity (Wildman–Crippen MR) is 429 cm³/mol. The lowest BCUT2D eigenvalue weighted by Crippen LogP contribution is -2.65. The quantitative estimate of drug-likeness (QED) is 0.0204. The standard InChI is InChI=1S/C89H159NO13/c1-3-5-7-9-11-13-15-17-19-21-23-25-27-29-31-33-35-36-37-38-39-40-41-42-43-45-47-49-51-53-55-57-59-61-63-65-67-69-71-73-81(94)90-77(76-100-88-86(99)84(97)87(80(75-92)102-88)103-89-85(98)83(96)82(95)79(74-91)101-89)78(93)72-70-68-66-64-62-60-58-56-54-52-50-48-46-44-34-32-30-28-26-24-22-20-18-16-14-12-10-8-6-4-2/h5,7,11,13,17,19,23,25,29,31,35-36,38-39,70,72,77-80,82-89,91-93,95-99H,3-4,6,8-10,12,14-16,18,20-22,24,26-28,30,32-34,37,40-69,71,73-76H2,1-2H3,(H,90,94)/b7-5-,13-11-,19-17-,25-23-,31-29-,36-35-,39-38-,72-70+. The van der Waals surface area contributed by atoms with Crippen LogP contribution in [-0.2, 0) is 23.7 Å². The smallest absolute Gasteiger partial charge is 0.220 e. The van der Waals surface area contributed by atoms with Crippen molar-refractivity contribution in [1.29, 1.82) is 0 Å². The lowest BCUT2D eigenvalue weighted by atomic mass is 9.97. The van der Waals surface area contributed by atoms with Crippen LogP contribution in [-0.4, -0.2) is 140 Å². The van der Waals surface area contributed by atoms with Gasteiger partial charge in [-0.15, -0.1) is 0 Å². The summed E-state index contributed by atoms with van der Waals surface area (Å²) in [5.74, 6) is -0.236. The summed E-state index contributed by atoms with van der Waals surface area (Å²) in [7, 11) is 0. The molecule has 12 atom stereocenters. The summed E-state index contributed by atoms with van der Waals surface area (Å²) < 4.78 is 23.0. The number of aliphatic hydroxyl groups is 8. The van der Waals surface area contributed by atoms with Gasteiger partial charge in [-0.2, -0.15) is 0 Å². The van der Waals surface area contributed by atoms with Crippen LogP contribution in [0.1, 0.15) is 367 Å². The molecule has 0 aromatic heterocycles. The first kappa shape index (κ1) is 96.0. The van der Waals surface area contributed by atoms with Gasteiger partial charge in [0.15, 0.2) is 12.6 Å². The van der Waals surface area contributed by atoms with Crippen molar-refractivity contribution in [2.24, 2.45) is 0 Å². The van der Waals surface area contributed by atoms with Crippen molar-refractivity contribution >= 4 is 5.91 Å². The molecule has 2 fully saturated rings. The molecular formula is C89H159NO13. The highest BCUT2D eigenvalue weighted by atomic mass is 16.7. The van der Waals surface area contributed by atoms with E-state index in [2.05, 4.69) is 104 Å². The van der Waals surface area contributed by atoms with Crippen molar-refractivity contribution in [3.63, 3.8) is 0 Å². The molecule has 0 bridgehead atoms. The van der Waals surface area contributed by atoms with Gasteiger partial charge in [0.1, 0.15) is 48.8 Å². The van der Waals surface area contributed by atoms with Gasteiger partial charge >= 0.3 is 0 Å². The molecular weight excluding hydrogens is 1290 g/mol. The van der Waals surface area contributed by atoms with E-state index in [9.17, 15) is 45.6 Å². The van der Waals surface area contributed by atoms with E-state index in [0.717, 1.165) is 83.5 Å². The summed E-state index contributed by atoms with van der Waals surface area (Å²) in [6.45, 7) is 2.74. The molecule has 9 N–H and O–H groups in total. The van der Waals surface area contributed by atoms with E-state index in [1.54, 1.807) is 6.08 Å². The van der Waals surface area contributed by atoms with Gasteiger partial charge in [0, 0.05) is 6.42 Å². The van der Waals surface area contributed by atoms with Crippen LogP contribution in [0.4, 0.5) is 0 Å². The molecule has 2 rings (SSSR count). The number of allylic oxidation sites excluding steroid dienone is 15. The van der Waals surface area contributed by atoms with Crippen molar-refractivity contribution in [3.8, 4) is 0 Å². The first-order valence-electron chi connectivity index (χ1n) is 43.0. The lowest BCUT2D eigenvalue weighted by molar-refractivity contribution is -0.359. The zero-order valence-electron chi connectivity index (χ0n) is 65.8. The van der Waals surface area contributed by atoms with Gasteiger partial charge < -0.3 is 65.1 Å². The summed E-state index contributed by atoms with van der Waals surface area (Å²) in [5, 5.41) is 87.8. The number of hydrogen-bond donors (Lipinski definition) is 9. The summed E-state index contributed by atoms with van der Waals surface area (Å²) in [5.41, 5.74) is 0. The zero-order chi connectivity index (χ0) is 74.4. The van der Waals surface area contributed by atoms with Gasteiger partial charge in [0.25, 0.3) is 0 Å². The molecule has 0 saturated carbocycles. The van der Waals surface area contributed by atoms with Crippen LogP contribution in [0.25, 0.3) is 0 Å². The van der Waals surface area contributed by atoms with Gasteiger partial charge in [-0.25, -0.2) is 0 Å². The summed E-state index contributed by atoms with van der Waals surface area (Å²) in [6.07, 6.45) is 86.4. The fourth-order valence-electron chi connectivity index (χ4n) is 13.8. The largest absolute Gasteiger partial charge is 0.394 e. The number of nitrogens with one attached hydrogen (secondary N) is 1. The number of carbonyl (C=O) groups is 1. The summed E-state index contributed by atoms with van der Waals surface area (Å²) >= 11 is 0. The number of aliphatic hydroxyl groups excluding tert-OH is 8. The molecule has 12 unspecified atom stereocenters. The van der Waals surface area contributed by atoms with E-state index in [4.69, 9.17) is 18.9 Å². The summed E-state index contributed by atoms with van der Waals surface area (Å²) in [6, 6.07) is -0.921. The van der Waals surface area contributed by atoms with E-state index in [-0.39, 0.29) is 18.9 Å². The topological polar surface area (TPSA) is 228 Å². The van der Waals surface area contributed by atoms with E-state index in [0.29, 0.717) is 6.42 Å². The van der Waals surface area contributed by atoms with Crippen LogP contribution in [0.15, 0.2) is 97.2 Å². The van der Waals surface area contributed by atoms with Crippen LogP contribution in [0.5, 0.6) is 0 Å². The Balaban J connectivity index is 1.59. The second kappa shape index (κ2) is 71.8.